The number of aromatic nitrogens is 2. The maximum atomic E-state index is 4.70. The SMILES string of the molecule is Cc1ccc(-c2nc(Nc3cc(C)ccn3)sc2C)cc1. The molecule has 0 atom stereocenters. The predicted molar refractivity (Wildman–Crippen MR) is 89.3 cm³/mol. The third-order valence-electron chi connectivity index (χ3n) is 3.27. The Kier molecular flexibility index (Phi) is 3.71. The van der Waals surface area contributed by atoms with Crippen molar-refractivity contribution in [3.63, 3.8) is 0 Å². The second-order valence-corrected chi connectivity index (χ2v) is 6.34. The van der Waals surface area contributed by atoms with Gasteiger partial charge in [0.15, 0.2) is 5.13 Å². The van der Waals surface area contributed by atoms with Crippen molar-refractivity contribution < 1.29 is 0 Å². The number of hydrogen-bond acceptors (Lipinski definition) is 4. The van der Waals surface area contributed by atoms with Crippen molar-refractivity contribution in [3.05, 3.63) is 58.6 Å². The molecule has 0 radical (unpaired) electrons. The van der Waals surface area contributed by atoms with E-state index < -0.39 is 0 Å². The minimum absolute atomic E-state index is 0.833. The molecule has 0 unspecified atom stereocenters. The van der Waals surface area contributed by atoms with Crippen molar-refractivity contribution in [3.8, 4) is 11.3 Å². The minimum atomic E-state index is 0.833. The Morgan fingerprint density at radius 3 is 2.43 bits per heavy atom. The van der Waals surface area contributed by atoms with E-state index >= 15 is 0 Å². The van der Waals surface area contributed by atoms with Gasteiger partial charge >= 0.3 is 0 Å². The molecule has 0 bridgehead atoms. The standard InChI is InChI=1S/C17H17N3S/c1-11-4-6-14(7-5-11)16-13(3)21-17(20-16)19-15-10-12(2)8-9-18-15/h4-10H,1-3H3,(H,18,19,20). The van der Waals surface area contributed by atoms with E-state index in [1.54, 1.807) is 17.5 Å². The number of hydrogen-bond donors (Lipinski definition) is 1. The highest BCUT2D eigenvalue weighted by Crippen LogP contribution is 2.31. The monoisotopic (exact) mass is 295 g/mol. The van der Waals surface area contributed by atoms with Gasteiger partial charge in [-0.25, -0.2) is 9.97 Å². The second-order valence-electron chi connectivity index (χ2n) is 5.13. The lowest BCUT2D eigenvalue weighted by Crippen LogP contribution is -1.93. The lowest BCUT2D eigenvalue weighted by atomic mass is 10.1. The Hall–Kier alpha value is -2.20. The zero-order chi connectivity index (χ0) is 14.8. The summed E-state index contributed by atoms with van der Waals surface area (Å²) in [6.07, 6.45) is 1.80. The van der Waals surface area contributed by atoms with Gasteiger partial charge in [-0.15, -0.1) is 11.3 Å². The van der Waals surface area contributed by atoms with Gasteiger partial charge in [-0.1, -0.05) is 29.8 Å². The number of nitrogens with one attached hydrogen (secondary N) is 1. The van der Waals surface area contributed by atoms with Gasteiger partial charge in [-0.05, 0) is 38.5 Å². The topological polar surface area (TPSA) is 37.8 Å². The quantitative estimate of drug-likeness (QED) is 0.748. The molecule has 0 amide bonds. The predicted octanol–water partition coefficient (Wildman–Crippen LogP) is 4.87. The first-order valence-corrected chi connectivity index (χ1v) is 7.67. The molecule has 0 spiro atoms. The smallest absolute Gasteiger partial charge is 0.189 e. The molecule has 4 heteroatoms. The first-order chi connectivity index (χ1) is 10.1. The lowest BCUT2D eigenvalue weighted by molar-refractivity contribution is 1.26. The maximum absolute atomic E-state index is 4.70. The second kappa shape index (κ2) is 5.66. The van der Waals surface area contributed by atoms with Crippen LogP contribution in [-0.4, -0.2) is 9.97 Å². The van der Waals surface area contributed by atoms with Gasteiger partial charge in [0.05, 0.1) is 5.69 Å². The summed E-state index contributed by atoms with van der Waals surface area (Å²) in [5.41, 5.74) is 4.63. The van der Waals surface area contributed by atoms with Crippen LogP contribution in [0, 0.1) is 20.8 Å². The first-order valence-electron chi connectivity index (χ1n) is 6.86. The molecule has 1 N–H and O–H groups in total. The van der Waals surface area contributed by atoms with Crippen LogP contribution in [0.2, 0.25) is 0 Å². The van der Waals surface area contributed by atoms with Crippen molar-refractivity contribution in [2.75, 3.05) is 5.32 Å². The van der Waals surface area contributed by atoms with Crippen LogP contribution in [0.5, 0.6) is 0 Å². The summed E-state index contributed by atoms with van der Waals surface area (Å²) in [5, 5.41) is 4.16. The van der Waals surface area contributed by atoms with Gasteiger partial charge < -0.3 is 5.32 Å². The molecule has 0 aliphatic carbocycles. The van der Waals surface area contributed by atoms with Gasteiger partial charge in [-0.3, -0.25) is 0 Å². The van der Waals surface area contributed by atoms with E-state index in [9.17, 15) is 0 Å². The van der Waals surface area contributed by atoms with Crippen LogP contribution in [0.1, 0.15) is 16.0 Å². The van der Waals surface area contributed by atoms with Crippen molar-refractivity contribution in [2.24, 2.45) is 0 Å². The molecule has 0 fully saturated rings. The van der Waals surface area contributed by atoms with E-state index in [-0.39, 0.29) is 0 Å². The first kappa shape index (κ1) is 13.8. The molecule has 2 heterocycles. The van der Waals surface area contributed by atoms with Gasteiger partial charge in [0.2, 0.25) is 0 Å². The molecule has 2 aromatic heterocycles. The Labute approximate surface area is 128 Å². The number of benzene rings is 1. The van der Waals surface area contributed by atoms with Gasteiger partial charge in [-0.2, -0.15) is 0 Å². The molecule has 0 saturated carbocycles. The zero-order valence-electron chi connectivity index (χ0n) is 12.3. The summed E-state index contributed by atoms with van der Waals surface area (Å²) in [4.78, 5) is 10.2. The number of thiazole rings is 1. The molecular formula is C17H17N3S. The average Bonchev–Trinajstić information content (AvgIpc) is 2.80. The summed E-state index contributed by atoms with van der Waals surface area (Å²) < 4.78 is 0. The largest absolute Gasteiger partial charge is 0.316 e. The molecule has 0 saturated heterocycles. The molecule has 106 valence electrons. The highest BCUT2D eigenvalue weighted by atomic mass is 32.1. The van der Waals surface area contributed by atoms with Crippen molar-refractivity contribution in [1.82, 2.24) is 9.97 Å². The molecule has 1 aromatic carbocycles. The summed E-state index contributed by atoms with van der Waals surface area (Å²) in [6.45, 7) is 6.24. The Morgan fingerprint density at radius 2 is 1.71 bits per heavy atom. The molecular weight excluding hydrogens is 278 g/mol. The Bertz CT molecular complexity index is 760. The number of pyridine rings is 1. The Balaban J connectivity index is 1.89. The van der Waals surface area contributed by atoms with Crippen LogP contribution < -0.4 is 5.32 Å². The van der Waals surface area contributed by atoms with E-state index in [0.29, 0.717) is 0 Å². The van der Waals surface area contributed by atoms with Crippen LogP contribution in [0.25, 0.3) is 11.3 Å². The van der Waals surface area contributed by atoms with Gasteiger partial charge in [0.1, 0.15) is 5.82 Å². The van der Waals surface area contributed by atoms with Gasteiger partial charge in [0, 0.05) is 16.6 Å². The van der Waals surface area contributed by atoms with Crippen LogP contribution in [0.4, 0.5) is 10.9 Å². The minimum Gasteiger partial charge on any atom is -0.316 e. The average molecular weight is 295 g/mol. The highest BCUT2D eigenvalue weighted by Gasteiger charge is 2.10. The van der Waals surface area contributed by atoms with Gasteiger partial charge in [0.25, 0.3) is 0 Å². The molecule has 21 heavy (non-hydrogen) atoms. The summed E-state index contributed by atoms with van der Waals surface area (Å²) >= 11 is 1.65. The number of aryl methyl sites for hydroxylation is 3. The molecule has 3 aromatic rings. The van der Waals surface area contributed by atoms with Crippen LogP contribution in [0.15, 0.2) is 42.6 Å². The molecule has 3 rings (SSSR count). The summed E-state index contributed by atoms with van der Waals surface area (Å²) in [5.74, 6) is 0.833. The van der Waals surface area contributed by atoms with E-state index in [0.717, 1.165) is 22.2 Å². The lowest BCUT2D eigenvalue weighted by Gasteiger charge is -2.02. The van der Waals surface area contributed by atoms with E-state index in [4.69, 9.17) is 4.98 Å². The summed E-state index contributed by atoms with van der Waals surface area (Å²) in [7, 11) is 0. The third-order valence-corrected chi connectivity index (χ3v) is 4.16. The van der Waals surface area contributed by atoms with Crippen LogP contribution >= 0.6 is 11.3 Å². The zero-order valence-corrected chi connectivity index (χ0v) is 13.2. The normalized spacial score (nSPS) is 10.6. The molecule has 0 aliphatic heterocycles. The number of anilines is 2. The maximum Gasteiger partial charge on any atom is 0.189 e. The van der Waals surface area contributed by atoms with Crippen LogP contribution in [0.3, 0.4) is 0 Å². The third kappa shape index (κ3) is 3.11. The highest BCUT2D eigenvalue weighted by molar-refractivity contribution is 7.16. The van der Waals surface area contributed by atoms with E-state index in [1.807, 2.05) is 12.1 Å². The fourth-order valence-electron chi connectivity index (χ4n) is 2.14. The van der Waals surface area contributed by atoms with E-state index in [1.165, 1.54) is 16.0 Å². The fourth-order valence-corrected chi connectivity index (χ4v) is 2.99. The number of nitrogens with zero attached hydrogens (tertiary/aromatic N) is 2. The van der Waals surface area contributed by atoms with Crippen LogP contribution in [-0.2, 0) is 0 Å². The number of rotatable bonds is 3. The van der Waals surface area contributed by atoms with E-state index in [2.05, 4.69) is 55.3 Å². The Morgan fingerprint density at radius 1 is 0.952 bits per heavy atom. The van der Waals surface area contributed by atoms with Crippen molar-refractivity contribution in [1.29, 1.82) is 0 Å². The fraction of sp³-hybridized carbons (Fsp3) is 0.176. The molecule has 0 aliphatic rings. The van der Waals surface area contributed by atoms with Crippen molar-refractivity contribution >= 4 is 22.3 Å². The molecule has 3 nitrogen and oxygen atoms in total. The summed E-state index contributed by atoms with van der Waals surface area (Å²) in [6, 6.07) is 12.5. The van der Waals surface area contributed by atoms with Crippen molar-refractivity contribution in [2.45, 2.75) is 20.8 Å².